The second-order valence-electron chi connectivity index (χ2n) is 5.83. The molecule has 1 unspecified atom stereocenters. The van der Waals surface area contributed by atoms with Gasteiger partial charge in [-0.3, -0.25) is 4.99 Å². The number of rotatable bonds is 3. The number of aliphatic imine (C=N–C) groups is 1. The van der Waals surface area contributed by atoms with Crippen LogP contribution >= 0.6 is 0 Å². The van der Waals surface area contributed by atoms with E-state index in [2.05, 4.69) is 38.5 Å². The van der Waals surface area contributed by atoms with Gasteiger partial charge in [0.25, 0.3) is 0 Å². The third-order valence-electron chi connectivity index (χ3n) is 4.34. The maximum atomic E-state index is 6.16. The van der Waals surface area contributed by atoms with Gasteiger partial charge in [-0.25, -0.2) is 4.98 Å². The number of para-hydroxylation sites is 1. The van der Waals surface area contributed by atoms with Crippen LogP contribution < -0.4 is 10.6 Å². The van der Waals surface area contributed by atoms with Crippen LogP contribution in [0.3, 0.4) is 0 Å². The van der Waals surface area contributed by atoms with Gasteiger partial charge in [0.05, 0.1) is 30.8 Å². The molecule has 1 saturated carbocycles. The number of imidazole rings is 1. The molecule has 2 aliphatic rings. The topological polar surface area (TPSA) is 59.4 Å². The van der Waals surface area contributed by atoms with E-state index in [9.17, 15) is 0 Å². The average Bonchev–Trinajstić information content (AvgIpc) is 3.09. The Morgan fingerprint density at radius 1 is 1.24 bits per heavy atom. The highest BCUT2D eigenvalue weighted by atomic mass is 15.3. The molecule has 2 heterocycles. The molecule has 1 aromatic heterocycles. The summed E-state index contributed by atoms with van der Waals surface area (Å²) in [5.41, 5.74) is 9.72. The highest BCUT2D eigenvalue weighted by molar-refractivity contribution is 5.98. The van der Waals surface area contributed by atoms with Crippen molar-refractivity contribution in [1.82, 2.24) is 9.55 Å². The lowest BCUT2D eigenvalue weighted by Crippen LogP contribution is -2.37. The molecule has 4 rings (SSSR count). The molecule has 0 radical (unpaired) electrons. The van der Waals surface area contributed by atoms with Gasteiger partial charge >= 0.3 is 0 Å². The predicted molar refractivity (Wildman–Crippen MR) is 83.4 cm³/mol. The molecule has 108 valence electrons. The number of guanidine groups is 1. The van der Waals surface area contributed by atoms with Gasteiger partial charge in [-0.05, 0) is 31.4 Å². The Balaban J connectivity index is 1.75. The second-order valence-corrected chi connectivity index (χ2v) is 5.83. The quantitative estimate of drug-likeness (QED) is 0.939. The summed E-state index contributed by atoms with van der Waals surface area (Å²) >= 11 is 0. The first kappa shape index (κ1) is 12.4. The fourth-order valence-electron chi connectivity index (χ4n) is 3.08. The van der Waals surface area contributed by atoms with Crippen molar-refractivity contribution in [1.29, 1.82) is 0 Å². The van der Waals surface area contributed by atoms with Crippen LogP contribution in [0, 0.1) is 6.92 Å². The van der Waals surface area contributed by atoms with Gasteiger partial charge in [-0.1, -0.05) is 18.2 Å². The molecule has 0 spiro atoms. The van der Waals surface area contributed by atoms with Crippen LogP contribution in [0.2, 0.25) is 0 Å². The molecule has 1 atom stereocenters. The minimum absolute atomic E-state index is 0.147. The highest BCUT2D eigenvalue weighted by Gasteiger charge is 2.35. The summed E-state index contributed by atoms with van der Waals surface area (Å²) in [5, 5.41) is 0. The second kappa shape index (κ2) is 4.62. The molecule has 1 aliphatic carbocycles. The molecule has 1 aliphatic heterocycles. The Morgan fingerprint density at radius 2 is 2.05 bits per heavy atom. The van der Waals surface area contributed by atoms with Crippen LogP contribution in [0.1, 0.15) is 36.2 Å². The summed E-state index contributed by atoms with van der Waals surface area (Å²) in [6.07, 6.45) is 6.40. The van der Waals surface area contributed by atoms with Crippen LogP contribution in [-0.2, 0) is 0 Å². The number of hydrogen-bond donors (Lipinski definition) is 1. The summed E-state index contributed by atoms with van der Waals surface area (Å²) in [5.74, 6) is 0.595. The van der Waals surface area contributed by atoms with Gasteiger partial charge in [-0.2, -0.15) is 0 Å². The van der Waals surface area contributed by atoms with Crippen LogP contribution in [0.15, 0.2) is 41.8 Å². The third kappa shape index (κ3) is 2.00. The molecule has 21 heavy (non-hydrogen) atoms. The van der Waals surface area contributed by atoms with Crippen LogP contribution in [-0.4, -0.2) is 22.1 Å². The minimum atomic E-state index is 0.147. The first-order valence-electron chi connectivity index (χ1n) is 7.42. The minimum Gasteiger partial charge on any atom is -0.369 e. The lowest BCUT2D eigenvalue weighted by molar-refractivity contribution is 0.632. The Bertz CT molecular complexity index is 698. The van der Waals surface area contributed by atoms with Crippen molar-refractivity contribution >= 4 is 11.6 Å². The van der Waals surface area contributed by atoms with Crippen molar-refractivity contribution in [3.63, 3.8) is 0 Å². The monoisotopic (exact) mass is 281 g/mol. The van der Waals surface area contributed by atoms with E-state index in [0.717, 1.165) is 5.69 Å². The maximum absolute atomic E-state index is 6.16. The Morgan fingerprint density at radius 3 is 2.81 bits per heavy atom. The van der Waals surface area contributed by atoms with Crippen molar-refractivity contribution in [2.24, 2.45) is 10.7 Å². The summed E-state index contributed by atoms with van der Waals surface area (Å²) in [6.45, 7) is 2.80. The van der Waals surface area contributed by atoms with Gasteiger partial charge in [0.1, 0.15) is 0 Å². The maximum Gasteiger partial charge on any atom is 0.196 e. The predicted octanol–water partition coefficient (Wildman–Crippen LogP) is 2.40. The first-order chi connectivity index (χ1) is 10.3. The van der Waals surface area contributed by atoms with Crippen LogP contribution in [0.5, 0.6) is 0 Å². The van der Waals surface area contributed by atoms with Gasteiger partial charge in [0.15, 0.2) is 5.96 Å². The number of anilines is 1. The molecule has 0 saturated heterocycles. The van der Waals surface area contributed by atoms with Gasteiger partial charge < -0.3 is 15.2 Å². The molecule has 5 nitrogen and oxygen atoms in total. The SMILES string of the molecule is Cc1ccccc1N1C(N)=NCC1c1cncn1C1CC1. The van der Waals surface area contributed by atoms with E-state index in [1.807, 2.05) is 24.7 Å². The molecule has 0 bridgehead atoms. The van der Waals surface area contributed by atoms with E-state index in [1.165, 1.54) is 24.1 Å². The van der Waals surface area contributed by atoms with E-state index in [0.29, 0.717) is 18.5 Å². The molecule has 5 heteroatoms. The summed E-state index contributed by atoms with van der Waals surface area (Å²) < 4.78 is 2.30. The number of nitrogens with zero attached hydrogens (tertiary/aromatic N) is 4. The molecular weight excluding hydrogens is 262 g/mol. The zero-order chi connectivity index (χ0) is 14.4. The molecule has 2 aromatic rings. The normalized spacial score (nSPS) is 21.7. The number of benzene rings is 1. The molecule has 1 fully saturated rings. The van der Waals surface area contributed by atoms with Gasteiger partial charge in [0, 0.05) is 11.7 Å². The van der Waals surface area contributed by atoms with E-state index in [1.54, 1.807) is 0 Å². The van der Waals surface area contributed by atoms with E-state index in [-0.39, 0.29) is 6.04 Å². The smallest absolute Gasteiger partial charge is 0.196 e. The van der Waals surface area contributed by atoms with Gasteiger partial charge in [-0.15, -0.1) is 0 Å². The van der Waals surface area contributed by atoms with Crippen LogP contribution in [0.4, 0.5) is 5.69 Å². The Kier molecular flexibility index (Phi) is 2.74. The Labute approximate surface area is 124 Å². The number of hydrogen-bond acceptors (Lipinski definition) is 4. The van der Waals surface area contributed by atoms with Crippen molar-refractivity contribution in [3.8, 4) is 0 Å². The number of aryl methyl sites for hydroxylation is 1. The Hall–Kier alpha value is -2.30. The van der Waals surface area contributed by atoms with Crippen molar-refractivity contribution in [2.45, 2.75) is 31.8 Å². The van der Waals surface area contributed by atoms with E-state index < -0.39 is 0 Å². The van der Waals surface area contributed by atoms with Crippen molar-refractivity contribution < 1.29 is 0 Å². The lowest BCUT2D eigenvalue weighted by Gasteiger charge is -2.28. The molecule has 0 amide bonds. The van der Waals surface area contributed by atoms with Crippen LogP contribution in [0.25, 0.3) is 0 Å². The van der Waals surface area contributed by atoms with E-state index >= 15 is 0 Å². The zero-order valence-electron chi connectivity index (χ0n) is 12.1. The fraction of sp³-hybridized carbons (Fsp3) is 0.375. The molecule has 1 aromatic carbocycles. The van der Waals surface area contributed by atoms with Crippen molar-refractivity contribution in [3.05, 3.63) is 48.0 Å². The third-order valence-corrected chi connectivity index (χ3v) is 4.34. The molecule has 2 N–H and O–H groups in total. The standard InChI is InChI=1S/C16H19N5/c1-11-4-2-3-5-13(11)21-15(9-19-16(21)17)14-8-18-10-20(14)12-6-7-12/h2-5,8,10,12,15H,6-7,9H2,1H3,(H2,17,19). The fourth-order valence-corrected chi connectivity index (χ4v) is 3.08. The lowest BCUT2D eigenvalue weighted by atomic mass is 10.1. The average molecular weight is 281 g/mol. The summed E-state index contributed by atoms with van der Waals surface area (Å²) in [7, 11) is 0. The van der Waals surface area contributed by atoms with Gasteiger partial charge in [0.2, 0.25) is 0 Å². The number of nitrogens with two attached hydrogens (primary N) is 1. The highest BCUT2D eigenvalue weighted by Crippen LogP contribution is 2.40. The molecular formula is C16H19N5. The summed E-state index contributed by atoms with van der Waals surface area (Å²) in [4.78, 5) is 11.0. The summed E-state index contributed by atoms with van der Waals surface area (Å²) in [6, 6.07) is 9.07. The number of aromatic nitrogens is 2. The van der Waals surface area contributed by atoms with Crippen molar-refractivity contribution in [2.75, 3.05) is 11.4 Å². The van der Waals surface area contributed by atoms with E-state index in [4.69, 9.17) is 5.73 Å². The largest absolute Gasteiger partial charge is 0.369 e. The first-order valence-corrected chi connectivity index (χ1v) is 7.42. The zero-order valence-corrected chi connectivity index (χ0v) is 12.1.